The number of benzene rings is 1. The molecule has 2 unspecified atom stereocenters. The van der Waals surface area contributed by atoms with Crippen LogP contribution < -0.4 is 14.8 Å². The lowest BCUT2D eigenvalue weighted by atomic mass is 9.93. The summed E-state index contributed by atoms with van der Waals surface area (Å²) >= 11 is 0. The molecule has 0 aromatic heterocycles. The summed E-state index contributed by atoms with van der Waals surface area (Å²) in [6.45, 7) is 5.77. The summed E-state index contributed by atoms with van der Waals surface area (Å²) in [5, 5.41) is 23.3. The van der Waals surface area contributed by atoms with E-state index in [0.29, 0.717) is 42.6 Å². The maximum Gasteiger partial charge on any atom is 0.220 e. The molecule has 1 saturated carbocycles. The molecule has 1 aromatic rings. The van der Waals surface area contributed by atoms with Crippen molar-refractivity contribution in [3.8, 4) is 11.5 Å². The van der Waals surface area contributed by atoms with E-state index < -0.39 is 11.7 Å². The molecule has 1 saturated heterocycles. The third kappa shape index (κ3) is 8.80. The van der Waals surface area contributed by atoms with Crippen LogP contribution in [0.25, 0.3) is 0 Å². The van der Waals surface area contributed by atoms with Gasteiger partial charge in [-0.1, -0.05) is 18.9 Å². The minimum atomic E-state index is -0.779. The number of aliphatic hydroxyl groups is 2. The summed E-state index contributed by atoms with van der Waals surface area (Å²) in [5.41, 5.74) is 0.164. The second-order valence-corrected chi connectivity index (χ2v) is 9.93. The van der Waals surface area contributed by atoms with Gasteiger partial charge in [0.15, 0.2) is 11.5 Å². The van der Waals surface area contributed by atoms with Crippen molar-refractivity contribution in [2.45, 2.75) is 76.4 Å². The predicted molar refractivity (Wildman–Crippen MR) is 129 cm³/mol. The molecule has 186 valence electrons. The minimum Gasteiger partial charge on any atom is -0.486 e. The number of hydrogen-bond donors (Lipinski definition) is 3. The van der Waals surface area contributed by atoms with E-state index in [4.69, 9.17) is 9.47 Å². The first kappa shape index (κ1) is 25.8. The highest BCUT2D eigenvalue weighted by molar-refractivity contribution is 5.75. The van der Waals surface area contributed by atoms with Gasteiger partial charge in [0.1, 0.15) is 13.2 Å². The second kappa shape index (κ2) is 12.6. The number of nitrogens with one attached hydrogen (secondary N) is 1. The van der Waals surface area contributed by atoms with Crippen LogP contribution >= 0.6 is 0 Å². The first-order valence-corrected chi connectivity index (χ1v) is 12.6. The zero-order valence-electron chi connectivity index (χ0n) is 20.4. The Morgan fingerprint density at radius 1 is 1.15 bits per heavy atom. The Morgan fingerprint density at radius 2 is 1.85 bits per heavy atom. The van der Waals surface area contributed by atoms with E-state index in [1.54, 1.807) is 18.2 Å². The molecular formula is C26H42N2O5. The normalized spacial score (nSPS) is 20.4. The number of hydrogen-bond acceptors (Lipinski definition) is 6. The van der Waals surface area contributed by atoms with E-state index in [1.807, 2.05) is 6.92 Å². The fourth-order valence-corrected chi connectivity index (χ4v) is 4.41. The van der Waals surface area contributed by atoms with Crippen LogP contribution in [0.3, 0.4) is 0 Å². The molecule has 2 heterocycles. The molecule has 0 bridgehead atoms. The van der Waals surface area contributed by atoms with Crippen LogP contribution in [-0.4, -0.2) is 66.5 Å². The van der Waals surface area contributed by atoms with Crippen LogP contribution in [0.1, 0.15) is 76.4 Å². The van der Waals surface area contributed by atoms with Crippen molar-refractivity contribution in [3.63, 3.8) is 0 Å². The fraction of sp³-hybridized carbons (Fsp3) is 0.731. The highest BCUT2D eigenvalue weighted by atomic mass is 16.6. The number of carbonyl (C=O) groups is 1. The quantitative estimate of drug-likeness (QED) is 0.462. The second-order valence-electron chi connectivity index (χ2n) is 9.93. The first-order chi connectivity index (χ1) is 15.8. The van der Waals surface area contributed by atoms with Crippen molar-refractivity contribution in [1.29, 1.82) is 0 Å². The summed E-state index contributed by atoms with van der Waals surface area (Å²) in [6, 6.07) is 5.33. The zero-order valence-corrected chi connectivity index (χ0v) is 20.4. The Morgan fingerprint density at radius 3 is 2.48 bits per heavy atom. The smallest absolute Gasteiger partial charge is 0.220 e. The van der Waals surface area contributed by atoms with Gasteiger partial charge in [0.25, 0.3) is 0 Å². The monoisotopic (exact) mass is 462 g/mol. The predicted octanol–water partition coefficient (Wildman–Crippen LogP) is 3.43. The van der Waals surface area contributed by atoms with Gasteiger partial charge in [-0.05, 0) is 89.2 Å². The maximum atomic E-state index is 12.0. The number of aliphatic hydroxyl groups excluding tert-OH is 1. The SMILES string of the molecule is CC(O)(CCCCCC(=O)NCC(O)c1ccc2c(c1)OCCO2)C1CC1.CN1CCCC1. The lowest BCUT2D eigenvalue weighted by Gasteiger charge is -2.22. The van der Waals surface area contributed by atoms with Crippen molar-refractivity contribution >= 4 is 5.91 Å². The number of carbonyl (C=O) groups excluding carboxylic acids is 1. The van der Waals surface area contributed by atoms with Crippen LogP contribution in [0.2, 0.25) is 0 Å². The molecular weight excluding hydrogens is 420 g/mol. The number of ether oxygens (including phenoxy) is 2. The molecule has 7 heteroatoms. The maximum absolute atomic E-state index is 12.0. The summed E-state index contributed by atoms with van der Waals surface area (Å²) in [7, 11) is 2.17. The molecule has 1 amide bonds. The third-order valence-corrected chi connectivity index (χ3v) is 6.82. The molecule has 3 N–H and O–H groups in total. The summed E-state index contributed by atoms with van der Waals surface area (Å²) in [6.07, 6.45) is 8.25. The fourth-order valence-electron chi connectivity index (χ4n) is 4.41. The van der Waals surface area contributed by atoms with Crippen molar-refractivity contribution in [3.05, 3.63) is 23.8 Å². The Bertz CT molecular complexity index is 744. The average molecular weight is 463 g/mol. The van der Waals surface area contributed by atoms with Gasteiger partial charge in [-0.3, -0.25) is 4.79 Å². The number of fused-ring (bicyclic) bond motifs is 1. The van der Waals surface area contributed by atoms with Gasteiger partial charge in [-0.2, -0.15) is 0 Å². The van der Waals surface area contributed by atoms with Gasteiger partial charge in [0.05, 0.1) is 11.7 Å². The van der Waals surface area contributed by atoms with E-state index in [9.17, 15) is 15.0 Å². The number of nitrogens with zero attached hydrogens (tertiary/aromatic N) is 1. The van der Waals surface area contributed by atoms with Gasteiger partial charge in [-0.25, -0.2) is 0 Å². The molecule has 0 spiro atoms. The van der Waals surface area contributed by atoms with Crippen molar-refractivity contribution in [2.75, 3.05) is 39.9 Å². The van der Waals surface area contributed by atoms with Crippen LogP contribution in [0.15, 0.2) is 18.2 Å². The van der Waals surface area contributed by atoms with Gasteiger partial charge < -0.3 is 29.9 Å². The standard InChI is InChI=1S/C21H31NO5.C5H11N/c1-21(25,16-7-8-16)10-4-2-3-5-20(24)22-14-17(23)15-6-9-18-19(13-15)27-12-11-26-18;1-6-4-2-3-5-6/h6,9,13,16-17,23,25H,2-5,7-8,10-12,14H2,1H3,(H,22,24);2-5H2,1H3. The highest BCUT2D eigenvalue weighted by Gasteiger charge is 2.39. The molecule has 7 nitrogen and oxygen atoms in total. The number of unbranched alkanes of at least 4 members (excludes halogenated alkanes) is 2. The van der Waals surface area contributed by atoms with E-state index in [1.165, 1.54) is 25.9 Å². The zero-order chi connectivity index (χ0) is 23.7. The molecule has 3 aliphatic rings. The largest absolute Gasteiger partial charge is 0.486 e. The lowest BCUT2D eigenvalue weighted by molar-refractivity contribution is -0.121. The van der Waals surface area contributed by atoms with E-state index >= 15 is 0 Å². The van der Waals surface area contributed by atoms with Gasteiger partial charge in [0, 0.05) is 13.0 Å². The van der Waals surface area contributed by atoms with Crippen molar-refractivity contribution < 1.29 is 24.5 Å². The molecule has 2 aliphatic heterocycles. The highest BCUT2D eigenvalue weighted by Crippen LogP contribution is 2.42. The molecule has 2 atom stereocenters. The minimum absolute atomic E-state index is 0.0550. The van der Waals surface area contributed by atoms with Gasteiger partial charge in [0.2, 0.25) is 5.91 Å². The van der Waals surface area contributed by atoms with Gasteiger partial charge >= 0.3 is 0 Å². The number of likely N-dealkylation sites (tertiary alicyclic amines) is 1. The lowest BCUT2D eigenvalue weighted by Crippen LogP contribution is -2.28. The molecule has 4 rings (SSSR count). The molecule has 1 aliphatic carbocycles. The number of amides is 1. The van der Waals surface area contributed by atoms with Crippen LogP contribution in [0.4, 0.5) is 0 Å². The van der Waals surface area contributed by atoms with E-state index in [-0.39, 0.29) is 12.5 Å². The molecule has 2 fully saturated rings. The van der Waals surface area contributed by atoms with Crippen LogP contribution in [0.5, 0.6) is 11.5 Å². The molecule has 0 radical (unpaired) electrons. The summed E-state index contributed by atoms with van der Waals surface area (Å²) < 4.78 is 11.0. The van der Waals surface area contributed by atoms with Crippen molar-refractivity contribution in [1.82, 2.24) is 10.2 Å². The Hall–Kier alpha value is -1.83. The Balaban J connectivity index is 0.000000442. The van der Waals surface area contributed by atoms with Crippen molar-refractivity contribution in [2.24, 2.45) is 5.92 Å². The van der Waals surface area contributed by atoms with Crippen LogP contribution in [-0.2, 0) is 4.79 Å². The summed E-state index contributed by atoms with van der Waals surface area (Å²) in [4.78, 5) is 14.3. The first-order valence-electron chi connectivity index (χ1n) is 12.6. The Kier molecular flexibility index (Phi) is 9.83. The van der Waals surface area contributed by atoms with E-state index in [2.05, 4.69) is 17.3 Å². The number of rotatable bonds is 10. The van der Waals surface area contributed by atoms with Crippen LogP contribution in [0, 0.1) is 5.92 Å². The van der Waals surface area contributed by atoms with E-state index in [0.717, 1.165) is 38.5 Å². The third-order valence-electron chi connectivity index (χ3n) is 6.82. The topological polar surface area (TPSA) is 91.3 Å². The molecule has 1 aromatic carbocycles. The Labute approximate surface area is 198 Å². The summed E-state index contributed by atoms with van der Waals surface area (Å²) in [5.74, 6) is 1.73. The van der Waals surface area contributed by atoms with Gasteiger partial charge in [-0.15, -0.1) is 0 Å². The molecule has 33 heavy (non-hydrogen) atoms. The average Bonchev–Trinajstić information content (AvgIpc) is 3.58.